The Balaban J connectivity index is 2.68. The number of methoxy groups -OCH3 is 1. The second-order valence-corrected chi connectivity index (χ2v) is 4.92. The summed E-state index contributed by atoms with van der Waals surface area (Å²) in [7, 11) is 1.64. The topological polar surface area (TPSA) is 63.5 Å². The van der Waals surface area contributed by atoms with Crippen molar-refractivity contribution in [2.24, 2.45) is 5.92 Å². The monoisotopic (exact) mass is 268 g/mol. The molecule has 0 aliphatic heterocycles. The molecule has 1 atom stereocenters. The third-order valence-electron chi connectivity index (χ3n) is 3.16. The Kier molecular flexibility index (Phi) is 6.59. The van der Waals surface area contributed by atoms with Gasteiger partial charge in [-0.25, -0.2) is 0 Å². The fraction of sp³-hybridized carbons (Fsp3) is 0.643. The predicted octanol–water partition coefficient (Wildman–Crippen LogP) is 1.27. The van der Waals surface area contributed by atoms with Gasteiger partial charge in [0, 0.05) is 32.5 Å². The number of nitrogens with zero attached hydrogens (tertiary/aromatic N) is 1. The normalized spacial score (nSPS) is 12.7. The summed E-state index contributed by atoms with van der Waals surface area (Å²) in [6, 6.07) is 3.63. The highest BCUT2D eigenvalue weighted by molar-refractivity contribution is 5.92. The van der Waals surface area contributed by atoms with E-state index < -0.39 is 0 Å². The lowest BCUT2D eigenvalue weighted by Gasteiger charge is -2.22. The number of ether oxygens (including phenoxy) is 1. The van der Waals surface area contributed by atoms with Crippen LogP contribution in [0.5, 0.6) is 0 Å². The first-order valence-electron chi connectivity index (χ1n) is 6.66. The number of nitrogens with one attached hydrogen (secondary N) is 1. The molecule has 1 aromatic rings. The molecule has 19 heavy (non-hydrogen) atoms. The van der Waals surface area contributed by atoms with Gasteiger partial charge in [0.2, 0.25) is 0 Å². The van der Waals surface area contributed by atoms with Gasteiger partial charge in [0.25, 0.3) is 5.91 Å². The Bertz CT molecular complexity index is 388. The Labute approximate surface area is 114 Å². The smallest absolute Gasteiger partial charge is 0.268 e. The van der Waals surface area contributed by atoms with Crippen LogP contribution in [0.2, 0.25) is 0 Å². The van der Waals surface area contributed by atoms with Crippen LogP contribution in [0.15, 0.2) is 18.3 Å². The van der Waals surface area contributed by atoms with Crippen molar-refractivity contribution >= 4 is 5.91 Å². The maximum atomic E-state index is 12.2. The predicted molar refractivity (Wildman–Crippen MR) is 74.1 cm³/mol. The van der Waals surface area contributed by atoms with Gasteiger partial charge in [-0.15, -0.1) is 0 Å². The van der Waals surface area contributed by atoms with E-state index in [0.29, 0.717) is 31.2 Å². The molecule has 0 spiro atoms. The van der Waals surface area contributed by atoms with Crippen molar-refractivity contribution in [2.45, 2.75) is 32.9 Å². The lowest BCUT2D eigenvalue weighted by atomic mass is 10.0. The summed E-state index contributed by atoms with van der Waals surface area (Å²) < 4.78 is 6.89. The third kappa shape index (κ3) is 4.69. The summed E-state index contributed by atoms with van der Waals surface area (Å²) in [6.07, 6.45) is 2.44. The van der Waals surface area contributed by atoms with Crippen molar-refractivity contribution in [3.63, 3.8) is 0 Å². The first-order chi connectivity index (χ1) is 9.10. The van der Waals surface area contributed by atoms with Crippen molar-refractivity contribution in [3.05, 3.63) is 24.0 Å². The van der Waals surface area contributed by atoms with E-state index in [1.165, 1.54) is 0 Å². The number of hydrogen-bond donors (Lipinski definition) is 2. The van der Waals surface area contributed by atoms with E-state index in [4.69, 9.17) is 9.84 Å². The number of aliphatic hydroxyl groups is 1. The van der Waals surface area contributed by atoms with Crippen LogP contribution in [0.25, 0.3) is 0 Å². The average molecular weight is 268 g/mol. The molecule has 1 rings (SSSR count). The lowest BCUT2D eigenvalue weighted by Crippen LogP contribution is -2.40. The molecule has 1 amide bonds. The van der Waals surface area contributed by atoms with Gasteiger partial charge >= 0.3 is 0 Å². The maximum Gasteiger partial charge on any atom is 0.268 e. The van der Waals surface area contributed by atoms with Crippen LogP contribution < -0.4 is 5.32 Å². The first-order valence-corrected chi connectivity index (χ1v) is 6.66. The van der Waals surface area contributed by atoms with Crippen LogP contribution in [0, 0.1) is 5.92 Å². The molecular formula is C14H24N2O3. The standard InChI is InChI=1S/C14H24N2O3/c1-11(2)12(6-9-17)15-14(18)13-5-4-7-16(13)8-10-19-3/h4-5,7,11-12,17H,6,8-10H2,1-3H3,(H,15,18). The molecule has 0 aromatic carbocycles. The van der Waals surface area contributed by atoms with Gasteiger partial charge in [0.15, 0.2) is 0 Å². The molecule has 0 saturated carbocycles. The number of rotatable bonds is 8. The van der Waals surface area contributed by atoms with Gasteiger partial charge in [-0.1, -0.05) is 13.8 Å². The second-order valence-electron chi connectivity index (χ2n) is 4.92. The van der Waals surface area contributed by atoms with Crippen molar-refractivity contribution < 1.29 is 14.6 Å². The van der Waals surface area contributed by atoms with Crippen LogP contribution in [-0.2, 0) is 11.3 Å². The highest BCUT2D eigenvalue weighted by Crippen LogP contribution is 2.08. The van der Waals surface area contributed by atoms with Crippen molar-refractivity contribution in [1.82, 2.24) is 9.88 Å². The van der Waals surface area contributed by atoms with E-state index in [2.05, 4.69) is 5.32 Å². The van der Waals surface area contributed by atoms with Crippen LogP contribution in [0.3, 0.4) is 0 Å². The Morgan fingerprint density at radius 1 is 1.53 bits per heavy atom. The van der Waals surface area contributed by atoms with E-state index in [9.17, 15) is 4.79 Å². The second kappa shape index (κ2) is 7.96. The van der Waals surface area contributed by atoms with Gasteiger partial charge in [-0.05, 0) is 24.5 Å². The number of aromatic nitrogens is 1. The third-order valence-corrected chi connectivity index (χ3v) is 3.16. The van der Waals surface area contributed by atoms with E-state index in [-0.39, 0.29) is 18.6 Å². The fourth-order valence-electron chi connectivity index (χ4n) is 1.96. The molecule has 0 bridgehead atoms. The van der Waals surface area contributed by atoms with E-state index in [0.717, 1.165) is 0 Å². The number of hydrogen-bond acceptors (Lipinski definition) is 3. The van der Waals surface area contributed by atoms with Gasteiger partial charge in [0.05, 0.1) is 6.61 Å². The van der Waals surface area contributed by atoms with E-state index >= 15 is 0 Å². The molecule has 0 aliphatic carbocycles. The summed E-state index contributed by atoms with van der Waals surface area (Å²) in [5.74, 6) is 0.187. The molecule has 1 aromatic heterocycles. The molecule has 0 radical (unpaired) electrons. The zero-order chi connectivity index (χ0) is 14.3. The summed E-state index contributed by atoms with van der Waals surface area (Å²) in [5.41, 5.74) is 0.626. The fourth-order valence-corrected chi connectivity index (χ4v) is 1.96. The lowest BCUT2D eigenvalue weighted by molar-refractivity contribution is 0.0904. The summed E-state index contributed by atoms with van der Waals surface area (Å²) in [4.78, 5) is 12.2. The van der Waals surface area contributed by atoms with Crippen LogP contribution in [0.4, 0.5) is 0 Å². The SMILES string of the molecule is COCCn1cccc1C(=O)NC(CCO)C(C)C. The molecule has 1 heterocycles. The summed E-state index contributed by atoms with van der Waals surface area (Å²) in [5, 5.41) is 12.0. The highest BCUT2D eigenvalue weighted by atomic mass is 16.5. The van der Waals surface area contributed by atoms with Crippen molar-refractivity contribution in [1.29, 1.82) is 0 Å². The van der Waals surface area contributed by atoms with E-state index in [1.807, 2.05) is 30.7 Å². The molecule has 5 heteroatoms. The number of aliphatic hydroxyl groups excluding tert-OH is 1. The molecule has 108 valence electrons. The molecular weight excluding hydrogens is 244 g/mol. The molecule has 1 unspecified atom stereocenters. The molecule has 0 saturated heterocycles. The number of amides is 1. The van der Waals surface area contributed by atoms with Crippen LogP contribution in [-0.4, -0.2) is 41.9 Å². The minimum absolute atomic E-state index is 0.0109. The maximum absolute atomic E-state index is 12.2. The molecule has 0 fully saturated rings. The van der Waals surface area contributed by atoms with Crippen LogP contribution >= 0.6 is 0 Å². The van der Waals surface area contributed by atoms with Crippen molar-refractivity contribution in [3.8, 4) is 0 Å². The van der Waals surface area contributed by atoms with Gasteiger partial charge in [-0.2, -0.15) is 0 Å². The van der Waals surface area contributed by atoms with E-state index in [1.54, 1.807) is 13.2 Å². The van der Waals surface area contributed by atoms with Crippen LogP contribution in [0.1, 0.15) is 30.8 Å². The Morgan fingerprint density at radius 3 is 2.84 bits per heavy atom. The van der Waals surface area contributed by atoms with Gasteiger partial charge in [-0.3, -0.25) is 4.79 Å². The van der Waals surface area contributed by atoms with Gasteiger partial charge < -0.3 is 19.7 Å². The quantitative estimate of drug-likeness (QED) is 0.746. The largest absolute Gasteiger partial charge is 0.396 e. The Morgan fingerprint density at radius 2 is 2.26 bits per heavy atom. The average Bonchev–Trinajstić information content (AvgIpc) is 2.83. The molecule has 5 nitrogen and oxygen atoms in total. The first kappa shape index (κ1) is 15.7. The summed E-state index contributed by atoms with van der Waals surface area (Å²) in [6.45, 7) is 5.36. The minimum atomic E-state index is -0.103. The number of carbonyl (C=O) groups excluding carboxylic acids is 1. The van der Waals surface area contributed by atoms with Crippen molar-refractivity contribution in [2.75, 3.05) is 20.3 Å². The Hall–Kier alpha value is -1.33. The molecule has 0 aliphatic rings. The highest BCUT2D eigenvalue weighted by Gasteiger charge is 2.18. The zero-order valence-corrected chi connectivity index (χ0v) is 11.9. The zero-order valence-electron chi connectivity index (χ0n) is 11.9. The minimum Gasteiger partial charge on any atom is -0.396 e. The van der Waals surface area contributed by atoms with Gasteiger partial charge in [0.1, 0.15) is 5.69 Å². The number of carbonyl (C=O) groups is 1. The summed E-state index contributed by atoms with van der Waals surface area (Å²) >= 11 is 0. The molecule has 2 N–H and O–H groups in total.